The minimum Gasteiger partial charge on any atom is -0.320 e. The average Bonchev–Trinajstić information content (AvgIpc) is 2.99. The van der Waals surface area contributed by atoms with Crippen LogP contribution < -0.4 is 5.32 Å². The number of para-hydroxylation sites is 1. The first kappa shape index (κ1) is 16.3. The maximum absolute atomic E-state index is 12.5. The molecule has 1 amide bonds. The fourth-order valence-corrected chi connectivity index (χ4v) is 2.31. The van der Waals surface area contributed by atoms with Gasteiger partial charge in [-0.2, -0.15) is 9.90 Å². The lowest BCUT2D eigenvalue weighted by Gasteiger charge is -2.07. The highest BCUT2D eigenvalue weighted by Gasteiger charge is 2.18. The summed E-state index contributed by atoms with van der Waals surface area (Å²) in [7, 11) is 0. The van der Waals surface area contributed by atoms with Crippen LogP contribution in [0.15, 0.2) is 48.5 Å². The van der Waals surface area contributed by atoms with Crippen LogP contribution in [0.1, 0.15) is 21.7 Å². The molecule has 0 spiro atoms. The second-order valence-corrected chi connectivity index (χ2v) is 5.47. The van der Waals surface area contributed by atoms with E-state index in [2.05, 4.69) is 15.5 Å². The summed E-state index contributed by atoms with van der Waals surface area (Å²) in [5, 5.41) is 22.0. The number of nitro benzene ring substituents is 1. The molecule has 3 aromatic rings. The summed E-state index contributed by atoms with van der Waals surface area (Å²) in [4.78, 5) is 24.3. The van der Waals surface area contributed by atoms with E-state index in [-0.39, 0.29) is 11.4 Å². The van der Waals surface area contributed by atoms with Gasteiger partial charge in [0.1, 0.15) is 0 Å². The Morgan fingerprint density at radius 1 is 1.12 bits per heavy atom. The van der Waals surface area contributed by atoms with E-state index in [0.29, 0.717) is 16.9 Å². The maximum Gasteiger partial charge on any atom is 0.278 e. The van der Waals surface area contributed by atoms with Crippen molar-refractivity contribution in [3.05, 3.63) is 75.6 Å². The molecule has 8 heteroatoms. The van der Waals surface area contributed by atoms with Crippen molar-refractivity contribution in [2.75, 3.05) is 5.32 Å². The summed E-state index contributed by atoms with van der Waals surface area (Å²) in [5.41, 5.74) is 2.35. The molecule has 0 fully saturated rings. The normalized spacial score (nSPS) is 10.5. The van der Waals surface area contributed by atoms with Crippen molar-refractivity contribution in [1.29, 1.82) is 0 Å². The van der Waals surface area contributed by atoms with Gasteiger partial charge >= 0.3 is 0 Å². The molecule has 1 N–H and O–H groups in total. The topological polar surface area (TPSA) is 103 Å². The second kappa shape index (κ2) is 6.52. The molecular weight excluding hydrogens is 322 g/mol. The number of non-ortho nitro benzene ring substituents is 1. The van der Waals surface area contributed by atoms with Crippen molar-refractivity contribution < 1.29 is 9.72 Å². The quantitative estimate of drug-likeness (QED) is 0.582. The molecule has 0 saturated carbocycles. The lowest BCUT2D eigenvalue weighted by molar-refractivity contribution is -0.384. The Labute approximate surface area is 143 Å². The van der Waals surface area contributed by atoms with E-state index in [1.54, 1.807) is 19.9 Å². The predicted molar refractivity (Wildman–Crippen MR) is 91.9 cm³/mol. The van der Waals surface area contributed by atoms with Crippen LogP contribution in [-0.2, 0) is 0 Å². The lowest BCUT2D eigenvalue weighted by atomic mass is 10.1. The molecule has 0 bridgehead atoms. The number of hydrogen-bond donors (Lipinski definition) is 1. The van der Waals surface area contributed by atoms with Gasteiger partial charge in [0.05, 0.1) is 22.0 Å². The first-order valence-corrected chi connectivity index (χ1v) is 7.51. The van der Waals surface area contributed by atoms with Gasteiger partial charge in [0.2, 0.25) is 0 Å². The average molecular weight is 337 g/mol. The van der Waals surface area contributed by atoms with Gasteiger partial charge < -0.3 is 5.32 Å². The van der Waals surface area contributed by atoms with Crippen molar-refractivity contribution in [2.45, 2.75) is 13.8 Å². The van der Waals surface area contributed by atoms with E-state index in [1.807, 2.05) is 30.3 Å². The Balaban J connectivity index is 1.89. The highest BCUT2D eigenvalue weighted by Crippen LogP contribution is 2.22. The van der Waals surface area contributed by atoms with Crippen molar-refractivity contribution in [3.63, 3.8) is 0 Å². The zero-order valence-corrected chi connectivity index (χ0v) is 13.6. The second-order valence-electron chi connectivity index (χ2n) is 5.47. The standard InChI is InChI=1S/C17H15N5O3/c1-11-8-9-14(22(24)25)10-15(11)18-17(23)16-12(2)19-21(20-16)13-6-4-3-5-7-13/h3-10H,1-2H3,(H,18,23). The molecule has 0 aliphatic rings. The summed E-state index contributed by atoms with van der Waals surface area (Å²) in [5.74, 6) is -0.469. The number of nitrogens with one attached hydrogen (secondary N) is 1. The first-order valence-electron chi connectivity index (χ1n) is 7.51. The molecule has 0 unspecified atom stereocenters. The lowest BCUT2D eigenvalue weighted by Crippen LogP contribution is -2.15. The summed E-state index contributed by atoms with van der Waals surface area (Å²) in [6.45, 7) is 3.44. The van der Waals surface area contributed by atoms with Crippen molar-refractivity contribution in [3.8, 4) is 5.69 Å². The highest BCUT2D eigenvalue weighted by atomic mass is 16.6. The van der Waals surface area contributed by atoms with Gasteiger partial charge in [0, 0.05) is 12.1 Å². The van der Waals surface area contributed by atoms with E-state index in [0.717, 1.165) is 5.69 Å². The number of benzene rings is 2. The molecule has 0 radical (unpaired) electrons. The molecule has 1 heterocycles. The van der Waals surface area contributed by atoms with Gasteiger partial charge in [0.15, 0.2) is 5.69 Å². The van der Waals surface area contributed by atoms with Crippen LogP contribution >= 0.6 is 0 Å². The van der Waals surface area contributed by atoms with E-state index in [4.69, 9.17) is 0 Å². The molecular formula is C17H15N5O3. The van der Waals surface area contributed by atoms with Crippen LogP contribution in [0, 0.1) is 24.0 Å². The van der Waals surface area contributed by atoms with Crippen molar-refractivity contribution in [1.82, 2.24) is 15.0 Å². The van der Waals surface area contributed by atoms with E-state index >= 15 is 0 Å². The Morgan fingerprint density at radius 2 is 1.84 bits per heavy atom. The van der Waals surface area contributed by atoms with Crippen LogP contribution in [0.4, 0.5) is 11.4 Å². The summed E-state index contributed by atoms with van der Waals surface area (Å²) in [6, 6.07) is 13.5. The molecule has 0 aliphatic carbocycles. The number of hydrogen-bond acceptors (Lipinski definition) is 5. The molecule has 0 saturated heterocycles. The van der Waals surface area contributed by atoms with Gasteiger partial charge in [-0.15, -0.1) is 5.10 Å². The smallest absolute Gasteiger partial charge is 0.278 e. The number of rotatable bonds is 4. The summed E-state index contributed by atoms with van der Waals surface area (Å²) < 4.78 is 0. The number of aromatic nitrogens is 3. The maximum atomic E-state index is 12.5. The minimum absolute atomic E-state index is 0.0921. The fourth-order valence-electron chi connectivity index (χ4n) is 2.31. The Hall–Kier alpha value is -3.55. The molecule has 0 atom stereocenters. The number of amides is 1. The van der Waals surface area contributed by atoms with Crippen LogP contribution in [0.5, 0.6) is 0 Å². The molecule has 126 valence electrons. The van der Waals surface area contributed by atoms with Gasteiger partial charge in [-0.3, -0.25) is 14.9 Å². The van der Waals surface area contributed by atoms with Gasteiger partial charge in [-0.1, -0.05) is 24.3 Å². The highest BCUT2D eigenvalue weighted by molar-refractivity contribution is 6.04. The zero-order chi connectivity index (χ0) is 18.0. The van der Waals surface area contributed by atoms with Crippen LogP contribution in [0.25, 0.3) is 5.69 Å². The zero-order valence-electron chi connectivity index (χ0n) is 13.6. The van der Waals surface area contributed by atoms with E-state index < -0.39 is 10.8 Å². The van der Waals surface area contributed by atoms with Crippen LogP contribution in [0.2, 0.25) is 0 Å². The van der Waals surface area contributed by atoms with E-state index in [9.17, 15) is 14.9 Å². The number of carbonyl (C=O) groups excluding carboxylic acids is 1. The molecule has 25 heavy (non-hydrogen) atoms. The van der Waals surface area contributed by atoms with Crippen LogP contribution in [-0.4, -0.2) is 25.8 Å². The summed E-state index contributed by atoms with van der Waals surface area (Å²) >= 11 is 0. The SMILES string of the molecule is Cc1ccc([N+](=O)[O-])cc1NC(=O)c1nn(-c2ccccc2)nc1C. The number of anilines is 1. The Morgan fingerprint density at radius 3 is 2.52 bits per heavy atom. The molecule has 0 aliphatic heterocycles. The van der Waals surface area contributed by atoms with Gasteiger partial charge in [0.25, 0.3) is 11.6 Å². The third-order valence-corrected chi connectivity index (χ3v) is 3.66. The van der Waals surface area contributed by atoms with Crippen LogP contribution in [0.3, 0.4) is 0 Å². The largest absolute Gasteiger partial charge is 0.320 e. The third kappa shape index (κ3) is 3.37. The van der Waals surface area contributed by atoms with Crippen molar-refractivity contribution >= 4 is 17.3 Å². The van der Waals surface area contributed by atoms with Crippen molar-refractivity contribution in [2.24, 2.45) is 0 Å². The number of aryl methyl sites for hydroxylation is 2. The fraction of sp³-hybridized carbons (Fsp3) is 0.118. The summed E-state index contributed by atoms with van der Waals surface area (Å²) in [6.07, 6.45) is 0. The number of carbonyl (C=O) groups is 1. The third-order valence-electron chi connectivity index (χ3n) is 3.66. The molecule has 2 aromatic carbocycles. The Bertz CT molecular complexity index is 950. The van der Waals surface area contributed by atoms with Gasteiger partial charge in [-0.25, -0.2) is 0 Å². The monoisotopic (exact) mass is 337 g/mol. The predicted octanol–water partition coefficient (Wildman–Crippen LogP) is 3.04. The molecule has 3 rings (SSSR count). The van der Waals surface area contributed by atoms with E-state index in [1.165, 1.54) is 16.9 Å². The van der Waals surface area contributed by atoms with Gasteiger partial charge in [-0.05, 0) is 31.5 Å². The first-order chi connectivity index (χ1) is 12.0. The number of nitro groups is 1. The molecule has 1 aromatic heterocycles. The minimum atomic E-state index is -0.508. The number of nitrogens with zero attached hydrogens (tertiary/aromatic N) is 4. The Kier molecular flexibility index (Phi) is 4.25. The molecule has 8 nitrogen and oxygen atoms in total.